The van der Waals surface area contributed by atoms with E-state index in [9.17, 15) is 9.59 Å². The second kappa shape index (κ2) is 9.43. The summed E-state index contributed by atoms with van der Waals surface area (Å²) in [5.74, 6) is 2.57. The first-order chi connectivity index (χ1) is 14.4. The molecule has 178 valence electrons. The van der Waals surface area contributed by atoms with Gasteiger partial charge in [0.25, 0.3) is 0 Å². The summed E-state index contributed by atoms with van der Waals surface area (Å²) in [6.07, 6.45) is 9.09. The molecule has 0 amide bonds. The number of rotatable bonds is 6. The largest absolute Gasteiger partial charge is 0.462 e. The summed E-state index contributed by atoms with van der Waals surface area (Å²) in [5.41, 5.74) is -0.221. The molecule has 0 spiro atoms. The normalized spacial score (nSPS) is 38.2. The highest BCUT2D eigenvalue weighted by molar-refractivity contribution is 5.76. The van der Waals surface area contributed by atoms with Crippen molar-refractivity contribution in [2.75, 3.05) is 0 Å². The van der Waals surface area contributed by atoms with E-state index >= 15 is 0 Å². The zero-order valence-corrected chi connectivity index (χ0v) is 21.0. The molecule has 3 fully saturated rings. The molecule has 0 bridgehead atoms. The maximum atomic E-state index is 13.0. The molecule has 0 unspecified atom stereocenters. The smallest absolute Gasteiger partial charge is 0.311 e. The quantitative estimate of drug-likeness (QED) is 0.445. The van der Waals surface area contributed by atoms with Crippen LogP contribution in [-0.2, 0) is 19.1 Å². The molecule has 7 atom stereocenters. The fourth-order valence-electron chi connectivity index (χ4n) is 6.60. The number of fused-ring (bicyclic) bond motifs is 1. The number of cyclic esters (lactones) is 1. The van der Waals surface area contributed by atoms with E-state index in [2.05, 4.69) is 34.6 Å². The second-order valence-corrected chi connectivity index (χ2v) is 12.5. The number of ether oxygens (including phenoxy) is 2. The predicted octanol–water partition coefficient (Wildman–Crippen LogP) is 6.55. The van der Waals surface area contributed by atoms with E-state index in [0.717, 1.165) is 32.1 Å². The van der Waals surface area contributed by atoms with Crippen LogP contribution in [0.3, 0.4) is 0 Å². The fraction of sp³-hybridized carbons (Fsp3) is 0.926. The molecule has 0 aromatic carbocycles. The first-order valence-electron chi connectivity index (χ1n) is 12.8. The van der Waals surface area contributed by atoms with Crippen LogP contribution in [0.4, 0.5) is 0 Å². The molecule has 3 aliphatic rings. The first-order valence-corrected chi connectivity index (χ1v) is 12.8. The van der Waals surface area contributed by atoms with Gasteiger partial charge in [-0.05, 0) is 87.9 Å². The highest BCUT2D eigenvalue weighted by Gasteiger charge is 2.50. The van der Waals surface area contributed by atoms with Gasteiger partial charge < -0.3 is 9.47 Å². The van der Waals surface area contributed by atoms with Crippen LogP contribution in [0.25, 0.3) is 0 Å². The molecule has 2 saturated carbocycles. The van der Waals surface area contributed by atoms with Crippen molar-refractivity contribution in [3.05, 3.63) is 0 Å². The van der Waals surface area contributed by atoms with Crippen molar-refractivity contribution >= 4 is 11.9 Å². The fourth-order valence-corrected chi connectivity index (χ4v) is 6.60. The van der Waals surface area contributed by atoms with Crippen LogP contribution >= 0.6 is 0 Å². The van der Waals surface area contributed by atoms with E-state index in [0.29, 0.717) is 36.0 Å². The highest BCUT2D eigenvalue weighted by atomic mass is 16.5. The number of hydrogen-bond donors (Lipinski definition) is 0. The summed E-state index contributed by atoms with van der Waals surface area (Å²) >= 11 is 0. The molecule has 0 aromatic heterocycles. The minimum atomic E-state index is -0.431. The van der Waals surface area contributed by atoms with Gasteiger partial charge in [0.05, 0.1) is 5.41 Å². The van der Waals surface area contributed by atoms with Crippen molar-refractivity contribution in [3.63, 3.8) is 0 Å². The molecule has 1 aliphatic heterocycles. The molecule has 1 saturated heterocycles. The molecule has 0 radical (unpaired) electrons. The molecule has 2 aliphatic carbocycles. The van der Waals surface area contributed by atoms with Gasteiger partial charge in [-0.3, -0.25) is 9.59 Å². The molecular weight excluding hydrogens is 388 g/mol. The van der Waals surface area contributed by atoms with Crippen molar-refractivity contribution in [3.8, 4) is 0 Å². The first kappa shape index (κ1) is 24.6. The maximum Gasteiger partial charge on any atom is 0.311 e. The van der Waals surface area contributed by atoms with Gasteiger partial charge in [0.15, 0.2) is 0 Å². The standard InChI is InChI=1S/C27H46O4/c1-8-27(6,7)25(29)31-22-16-26(4,5)15-19-10-9-18(3)21(24(19)22)12-11-20-13-17(2)14-23(28)30-20/h17-22,24H,8-16H2,1-7H3/t17-,18+,19+,20-,21+,22+,24+/m1/s1. The SMILES string of the molecule is CCC(C)(C)C(=O)O[C@H]1CC(C)(C)C[C@@H]2CC[C@H](C)[C@H](CC[C@@H]3C[C@@H](C)CC(=O)O3)[C@H]21. The number of carbonyl (C=O) groups is 2. The van der Waals surface area contributed by atoms with Crippen LogP contribution < -0.4 is 0 Å². The minimum absolute atomic E-state index is 0.00709. The Morgan fingerprint density at radius 3 is 2.52 bits per heavy atom. The van der Waals surface area contributed by atoms with E-state index in [1.807, 2.05) is 13.8 Å². The highest BCUT2D eigenvalue weighted by Crippen LogP contribution is 2.54. The lowest BCUT2D eigenvalue weighted by Crippen LogP contribution is -2.50. The van der Waals surface area contributed by atoms with E-state index in [-0.39, 0.29) is 29.6 Å². The molecular formula is C27H46O4. The van der Waals surface area contributed by atoms with E-state index in [4.69, 9.17) is 9.47 Å². The summed E-state index contributed by atoms with van der Waals surface area (Å²) in [6, 6.07) is 0. The third kappa shape index (κ3) is 5.85. The molecule has 0 N–H and O–H groups in total. The number of esters is 2. The molecule has 31 heavy (non-hydrogen) atoms. The predicted molar refractivity (Wildman–Crippen MR) is 123 cm³/mol. The lowest BCUT2D eigenvalue weighted by atomic mass is 9.55. The van der Waals surface area contributed by atoms with Crippen molar-refractivity contribution < 1.29 is 19.1 Å². The Kier molecular flexibility index (Phi) is 7.48. The lowest BCUT2D eigenvalue weighted by Gasteiger charge is -2.53. The Labute approximate surface area is 190 Å². The maximum absolute atomic E-state index is 13.0. The molecule has 3 rings (SSSR count). The van der Waals surface area contributed by atoms with Crippen LogP contribution in [0.1, 0.15) is 106 Å². The Bertz CT molecular complexity index is 652. The van der Waals surface area contributed by atoms with Crippen LogP contribution in [0, 0.1) is 40.4 Å². The lowest BCUT2D eigenvalue weighted by molar-refractivity contribution is -0.177. The van der Waals surface area contributed by atoms with E-state index < -0.39 is 5.41 Å². The summed E-state index contributed by atoms with van der Waals surface area (Å²) < 4.78 is 12.0. The average Bonchev–Trinajstić information content (AvgIpc) is 2.66. The minimum Gasteiger partial charge on any atom is -0.462 e. The Morgan fingerprint density at radius 1 is 1.16 bits per heavy atom. The molecule has 4 heteroatoms. The van der Waals surface area contributed by atoms with Crippen LogP contribution in [0.15, 0.2) is 0 Å². The molecule has 0 aromatic rings. The van der Waals surface area contributed by atoms with Gasteiger partial charge in [0.2, 0.25) is 0 Å². The summed E-state index contributed by atoms with van der Waals surface area (Å²) in [7, 11) is 0. The van der Waals surface area contributed by atoms with Crippen LogP contribution in [0.2, 0.25) is 0 Å². The van der Waals surface area contributed by atoms with Gasteiger partial charge in [0.1, 0.15) is 12.2 Å². The van der Waals surface area contributed by atoms with Gasteiger partial charge >= 0.3 is 11.9 Å². The van der Waals surface area contributed by atoms with Crippen molar-refractivity contribution in [1.29, 1.82) is 0 Å². The van der Waals surface area contributed by atoms with Gasteiger partial charge in [-0.25, -0.2) is 0 Å². The second-order valence-electron chi connectivity index (χ2n) is 12.5. The Balaban J connectivity index is 1.76. The Morgan fingerprint density at radius 2 is 1.87 bits per heavy atom. The monoisotopic (exact) mass is 434 g/mol. The van der Waals surface area contributed by atoms with E-state index in [1.165, 1.54) is 19.3 Å². The van der Waals surface area contributed by atoms with Crippen molar-refractivity contribution in [2.45, 2.75) is 118 Å². The van der Waals surface area contributed by atoms with Crippen LogP contribution in [0.5, 0.6) is 0 Å². The number of hydrogen-bond acceptors (Lipinski definition) is 4. The van der Waals surface area contributed by atoms with Gasteiger partial charge in [-0.2, -0.15) is 0 Å². The topological polar surface area (TPSA) is 52.6 Å². The summed E-state index contributed by atoms with van der Waals surface area (Å²) in [6.45, 7) is 15.3. The van der Waals surface area contributed by atoms with Gasteiger partial charge in [0, 0.05) is 12.3 Å². The van der Waals surface area contributed by atoms with Crippen LogP contribution in [-0.4, -0.2) is 24.1 Å². The number of carbonyl (C=O) groups excluding carboxylic acids is 2. The van der Waals surface area contributed by atoms with Gasteiger partial charge in [-0.1, -0.05) is 41.0 Å². The zero-order valence-electron chi connectivity index (χ0n) is 21.0. The third-order valence-corrected chi connectivity index (χ3v) is 8.76. The average molecular weight is 435 g/mol. The van der Waals surface area contributed by atoms with Crippen molar-refractivity contribution in [2.24, 2.45) is 40.4 Å². The zero-order chi connectivity index (χ0) is 23.0. The van der Waals surface area contributed by atoms with E-state index in [1.54, 1.807) is 0 Å². The summed E-state index contributed by atoms with van der Waals surface area (Å²) in [4.78, 5) is 25.0. The molecule has 4 nitrogen and oxygen atoms in total. The van der Waals surface area contributed by atoms with Crippen molar-refractivity contribution in [1.82, 2.24) is 0 Å². The molecule has 1 heterocycles. The third-order valence-electron chi connectivity index (χ3n) is 8.76. The van der Waals surface area contributed by atoms with Gasteiger partial charge in [-0.15, -0.1) is 0 Å². The summed E-state index contributed by atoms with van der Waals surface area (Å²) in [5, 5.41) is 0. The Hall–Kier alpha value is -1.06.